The summed E-state index contributed by atoms with van der Waals surface area (Å²) in [7, 11) is 0. The van der Waals surface area contributed by atoms with Gasteiger partial charge in [-0.15, -0.1) is 0 Å². The summed E-state index contributed by atoms with van der Waals surface area (Å²) in [5.41, 5.74) is 0.674. The minimum Gasteiger partial charge on any atom is -0.373 e. The minimum atomic E-state index is -0.360. The Morgan fingerprint density at radius 1 is 1.38 bits per heavy atom. The average molecular weight is 352 g/mol. The zero-order valence-electron chi connectivity index (χ0n) is 8.30. The van der Waals surface area contributed by atoms with Crippen molar-refractivity contribution in [2.24, 2.45) is 0 Å². The van der Waals surface area contributed by atoms with E-state index in [4.69, 9.17) is 4.74 Å². The van der Waals surface area contributed by atoms with Crippen LogP contribution in [0.25, 0.3) is 0 Å². The van der Waals surface area contributed by atoms with Gasteiger partial charge >= 0.3 is 0 Å². The average Bonchev–Trinajstić information content (AvgIpc) is 2.24. The van der Waals surface area contributed by atoms with Gasteiger partial charge in [-0.25, -0.2) is 4.39 Å². The highest BCUT2D eigenvalue weighted by Crippen LogP contribution is 2.37. The summed E-state index contributed by atoms with van der Waals surface area (Å²) in [6.45, 7) is 0.402. The molecule has 1 atom stereocenters. The quantitative estimate of drug-likeness (QED) is 0.720. The highest BCUT2D eigenvalue weighted by Gasteiger charge is 2.26. The molecule has 1 aromatic rings. The Balaban J connectivity index is 2.39. The van der Waals surface area contributed by atoms with Gasteiger partial charge in [-0.2, -0.15) is 0 Å². The number of benzene rings is 1. The maximum Gasteiger partial charge on any atom is 0.138 e. The Morgan fingerprint density at radius 3 is 2.81 bits per heavy atom. The Kier molecular flexibility index (Phi) is 3.77. The van der Waals surface area contributed by atoms with Crippen LogP contribution in [0.4, 0.5) is 4.39 Å². The van der Waals surface area contributed by atoms with E-state index in [9.17, 15) is 9.18 Å². The first-order valence-electron chi connectivity index (χ1n) is 4.86. The third kappa shape index (κ3) is 2.36. The fourth-order valence-corrected chi connectivity index (χ4v) is 3.16. The van der Waals surface area contributed by atoms with Crippen LogP contribution in [0.5, 0.6) is 0 Å². The number of halogens is 3. The van der Waals surface area contributed by atoms with E-state index < -0.39 is 0 Å². The van der Waals surface area contributed by atoms with Crippen molar-refractivity contribution in [2.45, 2.75) is 18.9 Å². The smallest absolute Gasteiger partial charge is 0.138 e. The molecule has 16 heavy (non-hydrogen) atoms. The lowest BCUT2D eigenvalue weighted by Gasteiger charge is -2.24. The van der Waals surface area contributed by atoms with Crippen LogP contribution in [0, 0.1) is 5.82 Å². The fourth-order valence-electron chi connectivity index (χ4n) is 1.71. The van der Waals surface area contributed by atoms with Crippen LogP contribution in [-0.4, -0.2) is 12.4 Å². The van der Waals surface area contributed by atoms with Crippen molar-refractivity contribution < 1.29 is 13.9 Å². The van der Waals surface area contributed by atoms with Crippen molar-refractivity contribution in [2.75, 3.05) is 6.61 Å². The molecule has 1 aliphatic rings. The van der Waals surface area contributed by atoms with Crippen LogP contribution in [-0.2, 0) is 9.53 Å². The fraction of sp³-hybridized carbons (Fsp3) is 0.364. The summed E-state index contributed by atoms with van der Waals surface area (Å²) >= 11 is 6.54. The van der Waals surface area contributed by atoms with Crippen LogP contribution in [0.3, 0.4) is 0 Å². The van der Waals surface area contributed by atoms with Gasteiger partial charge in [0.15, 0.2) is 0 Å². The third-order valence-electron chi connectivity index (χ3n) is 2.51. The highest BCUT2D eigenvalue weighted by atomic mass is 79.9. The summed E-state index contributed by atoms with van der Waals surface area (Å²) in [6, 6.07) is 2.99. The first-order valence-corrected chi connectivity index (χ1v) is 6.45. The summed E-state index contributed by atoms with van der Waals surface area (Å²) in [4.78, 5) is 11.3. The van der Waals surface area contributed by atoms with E-state index in [1.54, 1.807) is 6.07 Å². The Hall–Kier alpha value is -0.260. The van der Waals surface area contributed by atoms with Crippen molar-refractivity contribution in [1.29, 1.82) is 0 Å². The molecule has 5 heteroatoms. The second-order valence-electron chi connectivity index (χ2n) is 3.61. The van der Waals surface area contributed by atoms with Gasteiger partial charge in [0.1, 0.15) is 11.6 Å². The van der Waals surface area contributed by atoms with Gasteiger partial charge in [-0.1, -0.05) is 15.9 Å². The van der Waals surface area contributed by atoms with Gasteiger partial charge in [0.05, 0.1) is 17.2 Å². The molecule has 0 aliphatic carbocycles. The summed E-state index contributed by atoms with van der Waals surface area (Å²) < 4.78 is 20.0. The largest absolute Gasteiger partial charge is 0.373 e. The van der Waals surface area contributed by atoms with Crippen molar-refractivity contribution in [3.63, 3.8) is 0 Å². The van der Waals surface area contributed by atoms with Gasteiger partial charge in [0.2, 0.25) is 0 Å². The number of carbonyl (C=O) groups excluding carboxylic acids is 1. The molecular weight excluding hydrogens is 343 g/mol. The molecule has 1 saturated heterocycles. The van der Waals surface area contributed by atoms with E-state index >= 15 is 0 Å². The molecule has 0 spiro atoms. The molecule has 1 fully saturated rings. The van der Waals surface area contributed by atoms with Gasteiger partial charge in [-0.3, -0.25) is 4.79 Å². The maximum absolute atomic E-state index is 13.4. The molecule has 1 heterocycles. The van der Waals surface area contributed by atoms with Crippen LogP contribution in [0.15, 0.2) is 21.1 Å². The van der Waals surface area contributed by atoms with E-state index in [0.29, 0.717) is 29.5 Å². The second-order valence-corrected chi connectivity index (χ2v) is 5.26. The van der Waals surface area contributed by atoms with E-state index in [-0.39, 0.29) is 17.7 Å². The second kappa shape index (κ2) is 4.94. The zero-order chi connectivity index (χ0) is 11.7. The number of hydrogen-bond acceptors (Lipinski definition) is 2. The Labute approximate surface area is 109 Å². The van der Waals surface area contributed by atoms with Crippen molar-refractivity contribution in [3.8, 4) is 0 Å². The highest BCUT2D eigenvalue weighted by molar-refractivity contribution is 9.11. The van der Waals surface area contributed by atoms with Crippen molar-refractivity contribution >= 4 is 37.6 Å². The van der Waals surface area contributed by atoms with Crippen LogP contribution >= 0.6 is 31.9 Å². The lowest BCUT2D eigenvalue weighted by molar-refractivity contribution is -0.128. The number of hydrogen-bond donors (Lipinski definition) is 0. The van der Waals surface area contributed by atoms with Crippen LogP contribution in [0.2, 0.25) is 0 Å². The summed E-state index contributed by atoms with van der Waals surface area (Å²) in [6.07, 6.45) is 0.391. The molecule has 2 rings (SSSR count). The van der Waals surface area contributed by atoms with E-state index in [2.05, 4.69) is 31.9 Å². The molecule has 1 unspecified atom stereocenters. The number of rotatable bonds is 1. The van der Waals surface area contributed by atoms with E-state index in [1.165, 1.54) is 6.07 Å². The standard InChI is InChI=1S/C11H9Br2FO2/c12-7-1-2-8(14)11(13)10(7)9-5-6(15)3-4-16-9/h1-2,9H,3-5H2. The third-order valence-corrected chi connectivity index (χ3v) is 4.01. The van der Waals surface area contributed by atoms with Crippen molar-refractivity contribution in [3.05, 3.63) is 32.5 Å². The molecule has 0 aromatic heterocycles. The first-order chi connectivity index (χ1) is 7.59. The molecule has 1 aliphatic heterocycles. The zero-order valence-corrected chi connectivity index (χ0v) is 11.5. The molecule has 0 bridgehead atoms. The maximum atomic E-state index is 13.4. The molecule has 1 aromatic carbocycles. The van der Waals surface area contributed by atoms with E-state index in [0.717, 1.165) is 4.47 Å². The molecule has 0 amide bonds. The first kappa shape index (κ1) is 12.2. The number of Topliss-reactive ketones (excluding diaryl/α,β-unsaturated/α-hetero) is 1. The molecule has 86 valence electrons. The monoisotopic (exact) mass is 350 g/mol. The minimum absolute atomic E-state index is 0.152. The van der Waals surface area contributed by atoms with Crippen molar-refractivity contribution in [1.82, 2.24) is 0 Å². The summed E-state index contributed by atoms with van der Waals surface area (Å²) in [5.74, 6) is -0.195. The lowest BCUT2D eigenvalue weighted by atomic mass is 10.0. The molecule has 0 N–H and O–H groups in total. The summed E-state index contributed by atoms with van der Waals surface area (Å²) in [5, 5.41) is 0. The van der Waals surface area contributed by atoms with Gasteiger partial charge in [0, 0.05) is 22.9 Å². The van der Waals surface area contributed by atoms with Gasteiger partial charge in [-0.05, 0) is 28.1 Å². The van der Waals surface area contributed by atoms with Crippen LogP contribution < -0.4 is 0 Å². The topological polar surface area (TPSA) is 26.3 Å². The normalized spacial score (nSPS) is 21.2. The van der Waals surface area contributed by atoms with Crippen LogP contribution in [0.1, 0.15) is 24.5 Å². The van der Waals surface area contributed by atoms with Gasteiger partial charge in [0.25, 0.3) is 0 Å². The molecular formula is C11H9Br2FO2. The molecule has 2 nitrogen and oxygen atoms in total. The Morgan fingerprint density at radius 2 is 2.12 bits per heavy atom. The SMILES string of the molecule is O=C1CCOC(c2c(Br)ccc(F)c2Br)C1. The van der Waals surface area contributed by atoms with Gasteiger partial charge < -0.3 is 4.74 Å². The number of ether oxygens (including phenoxy) is 1. The molecule has 0 saturated carbocycles. The predicted octanol–water partition coefficient (Wildman–Crippen LogP) is 3.77. The number of carbonyl (C=O) groups is 1. The van der Waals surface area contributed by atoms with E-state index in [1.807, 2.05) is 0 Å². The Bertz CT molecular complexity index is 434. The molecule has 0 radical (unpaired) electrons. The lowest BCUT2D eigenvalue weighted by Crippen LogP contribution is -2.20. The number of ketones is 1. The predicted molar refractivity (Wildman–Crippen MR) is 64.7 cm³/mol.